The van der Waals surface area contributed by atoms with E-state index < -0.39 is 10.0 Å². The quantitative estimate of drug-likeness (QED) is 0.748. The van der Waals surface area contributed by atoms with Crippen LogP contribution in [0.4, 0.5) is 0 Å². The molecule has 3 rings (SSSR count). The lowest BCUT2D eigenvalue weighted by Gasteiger charge is -2.36. The normalized spacial score (nSPS) is 23.7. The van der Waals surface area contributed by atoms with Gasteiger partial charge in [0.2, 0.25) is 5.91 Å². The molecule has 0 aromatic carbocycles. The highest BCUT2D eigenvalue weighted by Gasteiger charge is 2.38. The first kappa shape index (κ1) is 18.8. The molecule has 3 heterocycles. The molecule has 1 aromatic heterocycles. The summed E-state index contributed by atoms with van der Waals surface area (Å²) in [6.07, 6.45) is 1.89. The average molecular weight is 386 g/mol. The number of nitrogens with zero attached hydrogens (tertiary/aromatic N) is 3. The third-order valence-electron chi connectivity index (χ3n) is 5.05. The van der Waals surface area contributed by atoms with Gasteiger partial charge in [0.25, 0.3) is 10.0 Å². The zero-order valence-corrected chi connectivity index (χ0v) is 16.6. The molecule has 2 aliphatic rings. The van der Waals surface area contributed by atoms with E-state index in [0.29, 0.717) is 36.3 Å². The molecule has 2 aliphatic heterocycles. The van der Waals surface area contributed by atoms with Crippen LogP contribution in [0.3, 0.4) is 0 Å². The summed E-state index contributed by atoms with van der Waals surface area (Å²) in [5, 5.41) is 1.78. The van der Waals surface area contributed by atoms with Crippen molar-refractivity contribution in [1.82, 2.24) is 14.1 Å². The molecule has 25 heavy (non-hydrogen) atoms. The van der Waals surface area contributed by atoms with E-state index in [4.69, 9.17) is 0 Å². The van der Waals surface area contributed by atoms with Crippen molar-refractivity contribution < 1.29 is 13.2 Å². The molecule has 1 aromatic rings. The van der Waals surface area contributed by atoms with Crippen LogP contribution in [0.25, 0.3) is 0 Å². The highest BCUT2D eigenvalue weighted by atomic mass is 32.2. The maximum absolute atomic E-state index is 12.6. The molecule has 6 nitrogen and oxygen atoms in total. The molecule has 0 aliphatic carbocycles. The topological polar surface area (TPSA) is 60.9 Å². The van der Waals surface area contributed by atoms with Gasteiger partial charge in [-0.15, -0.1) is 11.3 Å². The number of carbonyl (C=O) groups is 1. The van der Waals surface area contributed by atoms with Crippen LogP contribution in [0.1, 0.15) is 26.7 Å². The van der Waals surface area contributed by atoms with Gasteiger partial charge in [-0.1, -0.05) is 19.9 Å². The smallest absolute Gasteiger partial charge is 0.252 e. The Kier molecular flexibility index (Phi) is 5.82. The maximum Gasteiger partial charge on any atom is 0.252 e. The highest BCUT2D eigenvalue weighted by Crippen LogP contribution is 2.24. The van der Waals surface area contributed by atoms with Gasteiger partial charge in [0, 0.05) is 39.3 Å². The molecule has 140 valence electrons. The van der Waals surface area contributed by atoms with Crippen LogP contribution in [0.15, 0.2) is 21.7 Å². The Bertz CT molecular complexity index is 680. The largest absolute Gasteiger partial charge is 0.341 e. The Balaban J connectivity index is 1.55. The highest BCUT2D eigenvalue weighted by molar-refractivity contribution is 7.91. The number of piperazine rings is 1. The molecule has 8 heteroatoms. The molecule has 0 bridgehead atoms. The van der Waals surface area contributed by atoms with E-state index >= 15 is 0 Å². The van der Waals surface area contributed by atoms with E-state index in [1.54, 1.807) is 21.8 Å². The second-order valence-electron chi connectivity index (χ2n) is 7.18. The molecular weight excluding hydrogens is 358 g/mol. The van der Waals surface area contributed by atoms with Crippen molar-refractivity contribution in [2.75, 3.05) is 39.3 Å². The summed E-state index contributed by atoms with van der Waals surface area (Å²) >= 11 is 1.25. The van der Waals surface area contributed by atoms with E-state index in [1.165, 1.54) is 11.3 Å². The van der Waals surface area contributed by atoms with Gasteiger partial charge < -0.3 is 4.90 Å². The number of thiophene rings is 1. The van der Waals surface area contributed by atoms with Crippen LogP contribution in [-0.2, 0) is 14.8 Å². The summed E-state index contributed by atoms with van der Waals surface area (Å²) in [5.41, 5.74) is 0. The molecule has 2 fully saturated rings. The van der Waals surface area contributed by atoms with Gasteiger partial charge in [-0.3, -0.25) is 9.69 Å². The first-order valence-electron chi connectivity index (χ1n) is 8.96. The number of likely N-dealkylation sites (tertiary alicyclic amines) is 1. The number of rotatable bonds is 6. The van der Waals surface area contributed by atoms with Crippen molar-refractivity contribution in [3.8, 4) is 0 Å². The first-order valence-corrected chi connectivity index (χ1v) is 11.3. The Hall–Kier alpha value is -0.960. The van der Waals surface area contributed by atoms with E-state index in [2.05, 4.69) is 18.7 Å². The van der Waals surface area contributed by atoms with Gasteiger partial charge >= 0.3 is 0 Å². The predicted molar refractivity (Wildman–Crippen MR) is 99.1 cm³/mol. The van der Waals surface area contributed by atoms with Gasteiger partial charge in [-0.05, 0) is 30.2 Å². The van der Waals surface area contributed by atoms with Crippen LogP contribution >= 0.6 is 11.3 Å². The van der Waals surface area contributed by atoms with Crippen molar-refractivity contribution in [1.29, 1.82) is 0 Å². The van der Waals surface area contributed by atoms with Crippen molar-refractivity contribution in [2.45, 2.75) is 36.9 Å². The molecule has 1 atom stereocenters. The SMILES string of the molecule is CC(C)CCN1CCC(N2CCN(S(=O)(=O)c3cccs3)CC2)C1=O. The zero-order chi connectivity index (χ0) is 18.0. The number of hydrogen-bond donors (Lipinski definition) is 0. The molecule has 2 saturated heterocycles. The van der Waals surface area contributed by atoms with Crippen molar-refractivity contribution in [2.24, 2.45) is 5.92 Å². The predicted octanol–water partition coefficient (Wildman–Crippen LogP) is 1.70. The minimum absolute atomic E-state index is 0.0706. The zero-order valence-electron chi connectivity index (χ0n) is 14.9. The molecule has 0 radical (unpaired) electrons. The van der Waals surface area contributed by atoms with E-state index in [9.17, 15) is 13.2 Å². The Morgan fingerprint density at radius 1 is 1.20 bits per heavy atom. The van der Waals surface area contributed by atoms with Crippen LogP contribution < -0.4 is 0 Å². The summed E-state index contributed by atoms with van der Waals surface area (Å²) in [6, 6.07) is 3.34. The lowest BCUT2D eigenvalue weighted by molar-refractivity contribution is -0.132. The molecule has 1 amide bonds. The summed E-state index contributed by atoms with van der Waals surface area (Å²) in [6.45, 7) is 8.16. The third-order valence-corrected chi connectivity index (χ3v) is 8.32. The van der Waals surface area contributed by atoms with Gasteiger partial charge in [0.05, 0.1) is 6.04 Å². The fourth-order valence-electron chi connectivity index (χ4n) is 3.49. The van der Waals surface area contributed by atoms with Gasteiger partial charge in [0.1, 0.15) is 4.21 Å². The van der Waals surface area contributed by atoms with Crippen LogP contribution in [0.2, 0.25) is 0 Å². The summed E-state index contributed by atoms with van der Waals surface area (Å²) in [4.78, 5) is 16.8. The molecule has 0 spiro atoms. The Morgan fingerprint density at radius 3 is 2.52 bits per heavy atom. The van der Waals surface area contributed by atoms with Crippen LogP contribution in [0.5, 0.6) is 0 Å². The fraction of sp³-hybridized carbons (Fsp3) is 0.706. The van der Waals surface area contributed by atoms with Crippen molar-refractivity contribution in [3.63, 3.8) is 0 Å². The Morgan fingerprint density at radius 2 is 1.92 bits per heavy atom. The third kappa shape index (κ3) is 4.07. The van der Waals surface area contributed by atoms with Gasteiger partial charge in [-0.2, -0.15) is 4.31 Å². The average Bonchev–Trinajstić information content (AvgIpc) is 3.23. The maximum atomic E-state index is 12.6. The van der Waals surface area contributed by atoms with Crippen molar-refractivity contribution >= 4 is 27.3 Å². The molecular formula is C17H27N3O3S2. The molecule has 0 saturated carbocycles. The van der Waals surface area contributed by atoms with Crippen molar-refractivity contribution in [3.05, 3.63) is 17.5 Å². The monoisotopic (exact) mass is 385 g/mol. The molecule has 1 unspecified atom stereocenters. The van der Waals surface area contributed by atoms with Gasteiger partial charge in [-0.25, -0.2) is 8.42 Å². The molecule has 0 N–H and O–H groups in total. The number of amides is 1. The van der Waals surface area contributed by atoms with Gasteiger partial charge in [0.15, 0.2) is 0 Å². The lowest BCUT2D eigenvalue weighted by Crippen LogP contribution is -2.53. The Labute approximate surface area is 154 Å². The van der Waals surface area contributed by atoms with E-state index in [0.717, 1.165) is 25.9 Å². The summed E-state index contributed by atoms with van der Waals surface area (Å²) in [7, 11) is -3.38. The van der Waals surface area contributed by atoms with E-state index in [1.807, 2.05) is 4.90 Å². The summed E-state index contributed by atoms with van der Waals surface area (Å²) < 4.78 is 27.1. The minimum Gasteiger partial charge on any atom is -0.341 e. The number of sulfonamides is 1. The van der Waals surface area contributed by atoms with Crippen LogP contribution in [0, 0.1) is 5.92 Å². The van der Waals surface area contributed by atoms with E-state index in [-0.39, 0.29) is 11.9 Å². The standard InChI is InChI=1S/C17H27N3O3S2/c1-14(2)5-7-19-8-6-15(17(19)21)18-9-11-20(12-10-18)25(22,23)16-4-3-13-24-16/h3-4,13-15H,5-12H2,1-2H3. The van der Waals surface area contributed by atoms with Crippen LogP contribution in [-0.4, -0.2) is 73.7 Å². The first-order chi connectivity index (χ1) is 11.9. The minimum atomic E-state index is -3.38. The second kappa shape index (κ2) is 7.73. The number of carbonyl (C=O) groups excluding carboxylic acids is 1. The second-order valence-corrected chi connectivity index (χ2v) is 10.3. The number of hydrogen-bond acceptors (Lipinski definition) is 5. The fourth-order valence-corrected chi connectivity index (χ4v) is 6.06. The summed E-state index contributed by atoms with van der Waals surface area (Å²) in [5.74, 6) is 0.813. The lowest BCUT2D eigenvalue weighted by atomic mass is 10.1.